The summed E-state index contributed by atoms with van der Waals surface area (Å²) in [4.78, 5) is 17.7. The van der Waals surface area contributed by atoms with Gasteiger partial charge in [-0.1, -0.05) is 6.07 Å². The van der Waals surface area contributed by atoms with Gasteiger partial charge in [0.1, 0.15) is 0 Å². The third-order valence-corrected chi connectivity index (χ3v) is 3.95. The molecule has 1 N–H and O–H groups in total. The molecule has 0 radical (unpaired) electrons. The number of anilines is 1. The standard InChI is InChI=1S/C16H21N5O2/c1-12(22)18-15-6-8-21(19-15)14-5-7-20(11-14)10-13-3-4-16(23-2)17-9-13/h3-4,6,8-9,14H,5,7,10-11H2,1-2H3,(H,18,19,22)/t14-/m1/s1. The summed E-state index contributed by atoms with van der Waals surface area (Å²) < 4.78 is 7.02. The van der Waals surface area contributed by atoms with Crippen LogP contribution in [0.3, 0.4) is 0 Å². The van der Waals surface area contributed by atoms with Gasteiger partial charge in [-0.3, -0.25) is 14.4 Å². The third kappa shape index (κ3) is 3.87. The van der Waals surface area contributed by atoms with Gasteiger partial charge >= 0.3 is 0 Å². The van der Waals surface area contributed by atoms with Crippen LogP contribution in [0.1, 0.15) is 24.9 Å². The lowest BCUT2D eigenvalue weighted by atomic mass is 10.2. The molecular weight excluding hydrogens is 294 g/mol. The van der Waals surface area contributed by atoms with Crippen LogP contribution in [0.2, 0.25) is 0 Å². The number of aromatic nitrogens is 3. The minimum Gasteiger partial charge on any atom is -0.481 e. The first-order valence-corrected chi connectivity index (χ1v) is 7.68. The van der Waals surface area contributed by atoms with E-state index in [0.717, 1.165) is 26.1 Å². The molecule has 2 aromatic rings. The van der Waals surface area contributed by atoms with Gasteiger partial charge in [-0.05, 0) is 12.0 Å². The van der Waals surface area contributed by atoms with Gasteiger partial charge in [0.2, 0.25) is 11.8 Å². The zero-order chi connectivity index (χ0) is 16.2. The summed E-state index contributed by atoms with van der Waals surface area (Å²) in [5, 5.41) is 7.13. The van der Waals surface area contributed by atoms with E-state index < -0.39 is 0 Å². The van der Waals surface area contributed by atoms with Gasteiger partial charge < -0.3 is 10.1 Å². The molecule has 0 unspecified atom stereocenters. The van der Waals surface area contributed by atoms with Crippen molar-refractivity contribution in [3.05, 3.63) is 36.2 Å². The van der Waals surface area contributed by atoms with E-state index in [1.165, 1.54) is 12.5 Å². The molecule has 7 heteroatoms. The van der Waals surface area contributed by atoms with Crippen molar-refractivity contribution in [2.24, 2.45) is 0 Å². The number of hydrogen-bond donors (Lipinski definition) is 1. The number of nitrogens with zero attached hydrogens (tertiary/aromatic N) is 4. The van der Waals surface area contributed by atoms with Crippen molar-refractivity contribution in [3.8, 4) is 5.88 Å². The molecule has 1 amide bonds. The lowest BCUT2D eigenvalue weighted by Crippen LogP contribution is -2.21. The number of methoxy groups -OCH3 is 1. The Balaban J connectivity index is 1.57. The van der Waals surface area contributed by atoms with Gasteiger partial charge in [-0.25, -0.2) is 4.98 Å². The van der Waals surface area contributed by atoms with Crippen molar-refractivity contribution < 1.29 is 9.53 Å². The molecule has 7 nitrogen and oxygen atoms in total. The first kappa shape index (κ1) is 15.5. The highest BCUT2D eigenvalue weighted by Crippen LogP contribution is 2.23. The predicted octanol–water partition coefficient (Wildman–Crippen LogP) is 1.69. The van der Waals surface area contributed by atoms with E-state index in [2.05, 4.69) is 20.3 Å². The van der Waals surface area contributed by atoms with Gasteiger partial charge in [0.05, 0.1) is 13.2 Å². The highest BCUT2D eigenvalue weighted by Gasteiger charge is 2.24. The average molecular weight is 315 g/mol. The maximum atomic E-state index is 11.1. The largest absolute Gasteiger partial charge is 0.481 e. The Hall–Kier alpha value is -2.41. The maximum Gasteiger partial charge on any atom is 0.222 e. The smallest absolute Gasteiger partial charge is 0.222 e. The number of pyridine rings is 1. The Morgan fingerprint density at radius 2 is 2.30 bits per heavy atom. The number of rotatable bonds is 5. The van der Waals surface area contributed by atoms with Crippen LogP contribution >= 0.6 is 0 Å². The number of hydrogen-bond acceptors (Lipinski definition) is 5. The van der Waals surface area contributed by atoms with Crippen LogP contribution in [0.15, 0.2) is 30.6 Å². The molecule has 1 aliphatic heterocycles. The summed E-state index contributed by atoms with van der Waals surface area (Å²) in [6, 6.07) is 6.10. The van der Waals surface area contributed by atoms with Crippen molar-refractivity contribution in [2.45, 2.75) is 25.9 Å². The van der Waals surface area contributed by atoms with E-state index in [9.17, 15) is 4.79 Å². The predicted molar refractivity (Wildman–Crippen MR) is 86.3 cm³/mol. The van der Waals surface area contributed by atoms with Gasteiger partial charge in [0, 0.05) is 51.1 Å². The summed E-state index contributed by atoms with van der Waals surface area (Å²) in [6.07, 6.45) is 4.83. The maximum absolute atomic E-state index is 11.1. The van der Waals surface area contributed by atoms with Gasteiger partial charge in [-0.15, -0.1) is 0 Å². The van der Waals surface area contributed by atoms with Crippen molar-refractivity contribution in [2.75, 3.05) is 25.5 Å². The van der Waals surface area contributed by atoms with E-state index in [1.54, 1.807) is 7.11 Å². The average Bonchev–Trinajstić information content (AvgIpc) is 3.17. The van der Waals surface area contributed by atoms with E-state index in [1.807, 2.05) is 35.3 Å². The number of ether oxygens (including phenoxy) is 1. The summed E-state index contributed by atoms with van der Waals surface area (Å²) in [7, 11) is 1.62. The van der Waals surface area contributed by atoms with Crippen molar-refractivity contribution >= 4 is 11.7 Å². The highest BCUT2D eigenvalue weighted by atomic mass is 16.5. The lowest BCUT2D eigenvalue weighted by molar-refractivity contribution is -0.114. The summed E-state index contributed by atoms with van der Waals surface area (Å²) in [6.45, 7) is 4.31. The molecule has 0 spiro atoms. The fourth-order valence-electron chi connectivity index (χ4n) is 2.84. The molecule has 122 valence electrons. The van der Waals surface area contributed by atoms with Gasteiger partial charge in [0.25, 0.3) is 0 Å². The highest BCUT2D eigenvalue weighted by molar-refractivity contribution is 5.87. The second-order valence-electron chi connectivity index (χ2n) is 5.75. The van der Waals surface area contributed by atoms with Crippen LogP contribution in [-0.2, 0) is 11.3 Å². The lowest BCUT2D eigenvalue weighted by Gasteiger charge is -2.16. The Morgan fingerprint density at radius 3 is 3.00 bits per heavy atom. The normalized spacial score (nSPS) is 18.1. The Bertz CT molecular complexity index is 667. The van der Waals surface area contributed by atoms with Gasteiger partial charge in [0.15, 0.2) is 5.82 Å². The Morgan fingerprint density at radius 1 is 1.43 bits per heavy atom. The van der Waals surface area contributed by atoms with E-state index in [4.69, 9.17) is 4.74 Å². The second-order valence-corrected chi connectivity index (χ2v) is 5.75. The first-order valence-electron chi connectivity index (χ1n) is 7.68. The van der Waals surface area contributed by atoms with E-state index >= 15 is 0 Å². The fraction of sp³-hybridized carbons (Fsp3) is 0.438. The van der Waals surface area contributed by atoms with Crippen LogP contribution in [0.5, 0.6) is 5.88 Å². The molecule has 0 aliphatic carbocycles. The summed E-state index contributed by atoms with van der Waals surface area (Å²) in [5.74, 6) is 1.14. The number of likely N-dealkylation sites (tertiary alicyclic amines) is 1. The Labute approximate surface area is 135 Å². The SMILES string of the molecule is COc1ccc(CN2CC[C@@H](n3ccc(NC(C)=O)n3)C2)cn1. The minimum absolute atomic E-state index is 0.102. The molecule has 0 bridgehead atoms. The van der Waals surface area contributed by atoms with Gasteiger partial charge in [-0.2, -0.15) is 5.10 Å². The minimum atomic E-state index is -0.102. The molecular formula is C16H21N5O2. The van der Waals surface area contributed by atoms with Crippen molar-refractivity contribution in [3.63, 3.8) is 0 Å². The quantitative estimate of drug-likeness (QED) is 0.909. The molecule has 0 saturated carbocycles. The molecule has 3 rings (SSSR count). The molecule has 0 aromatic carbocycles. The summed E-state index contributed by atoms with van der Waals surface area (Å²) >= 11 is 0. The van der Waals surface area contributed by atoms with Crippen LogP contribution in [0, 0.1) is 0 Å². The molecule has 2 aromatic heterocycles. The van der Waals surface area contributed by atoms with E-state index in [-0.39, 0.29) is 5.91 Å². The first-order chi connectivity index (χ1) is 11.1. The van der Waals surface area contributed by atoms with Crippen LogP contribution < -0.4 is 10.1 Å². The van der Waals surface area contributed by atoms with Crippen LogP contribution in [0.25, 0.3) is 0 Å². The number of amides is 1. The molecule has 3 heterocycles. The Kier molecular flexibility index (Phi) is 4.57. The molecule has 1 aliphatic rings. The van der Waals surface area contributed by atoms with Crippen molar-refractivity contribution in [1.29, 1.82) is 0 Å². The fourth-order valence-corrected chi connectivity index (χ4v) is 2.84. The number of carbonyl (C=O) groups excluding carboxylic acids is 1. The van der Waals surface area contributed by atoms with Crippen LogP contribution in [-0.4, -0.2) is 45.8 Å². The third-order valence-electron chi connectivity index (χ3n) is 3.95. The monoisotopic (exact) mass is 315 g/mol. The second kappa shape index (κ2) is 6.78. The number of nitrogens with one attached hydrogen (secondary N) is 1. The molecule has 1 atom stereocenters. The molecule has 23 heavy (non-hydrogen) atoms. The van der Waals surface area contributed by atoms with Crippen molar-refractivity contribution in [1.82, 2.24) is 19.7 Å². The molecule has 1 saturated heterocycles. The number of carbonyl (C=O) groups is 1. The zero-order valence-corrected chi connectivity index (χ0v) is 13.4. The van der Waals surface area contributed by atoms with Crippen LogP contribution in [0.4, 0.5) is 5.82 Å². The topological polar surface area (TPSA) is 72.3 Å². The van der Waals surface area contributed by atoms with E-state index in [0.29, 0.717) is 17.7 Å². The molecule has 1 fully saturated rings. The zero-order valence-electron chi connectivity index (χ0n) is 13.4. The summed E-state index contributed by atoms with van der Waals surface area (Å²) in [5.41, 5.74) is 1.17.